The molecule has 0 radical (unpaired) electrons. The van der Waals surface area contributed by atoms with Crippen molar-refractivity contribution in [3.63, 3.8) is 0 Å². The summed E-state index contributed by atoms with van der Waals surface area (Å²) in [6.45, 7) is 4.97. The van der Waals surface area contributed by atoms with E-state index in [2.05, 4.69) is 5.10 Å². The molecule has 0 spiro atoms. The van der Waals surface area contributed by atoms with Gasteiger partial charge in [-0.05, 0) is 37.0 Å². The Balaban J connectivity index is 1.77. The van der Waals surface area contributed by atoms with Crippen LogP contribution in [-0.2, 0) is 14.8 Å². The van der Waals surface area contributed by atoms with E-state index in [1.165, 1.54) is 25.1 Å². The molecule has 11 nitrogen and oxygen atoms in total. The SMILES string of the molecule is Cc1nn(C(F)F)cc1S(=O)(=O)N1C[C@H](CC(=O)N2CCC2)Oc2ccc(N(CC(C)(C)C)C(=O)O)cc21. The summed E-state index contributed by atoms with van der Waals surface area (Å²) in [6, 6.07) is 4.35. The third kappa shape index (κ3) is 5.54. The molecule has 0 aliphatic carbocycles. The van der Waals surface area contributed by atoms with Gasteiger partial charge in [0.05, 0.1) is 30.5 Å². The molecular formula is C24H31F2N5O6S. The Morgan fingerprint density at radius 1 is 1.26 bits per heavy atom. The van der Waals surface area contributed by atoms with Crippen molar-refractivity contribution < 1.29 is 36.6 Å². The number of amides is 2. The van der Waals surface area contributed by atoms with Crippen LogP contribution in [0.5, 0.6) is 5.75 Å². The minimum absolute atomic E-state index is 0.0412. The van der Waals surface area contributed by atoms with E-state index in [4.69, 9.17) is 4.74 Å². The number of fused-ring (bicyclic) bond motifs is 1. The smallest absolute Gasteiger partial charge is 0.411 e. The monoisotopic (exact) mass is 555 g/mol. The second-order valence-electron chi connectivity index (χ2n) is 10.6. The summed E-state index contributed by atoms with van der Waals surface area (Å²) >= 11 is 0. The van der Waals surface area contributed by atoms with Gasteiger partial charge in [0.25, 0.3) is 10.0 Å². The van der Waals surface area contributed by atoms with Crippen molar-refractivity contribution >= 4 is 33.4 Å². The lowest BCUT2D eigenvalue weighted by Crippen LogP contribution is -2.48. The zero-order valence-corrected chi connectivity index (χ0v) is 22.4. The number of aryl methyl sites for hydroxylation is 1. The van der Waals surface area contributed by atoms with Crippen molar-refractivity contribution in [2.45, 2.75) is 58.1 Å². The van der Waals surface area contributed by atoms with E-state index in [0.29, 0.717) is 13.1 Å². The molecule has 2 aromatic rings. The average molecular weight is 556 g/mol. The molecule has 1 aromatic carbocycles. The number of hydrogen-bond donors (Lipinski definition) is 1. The number of alkyl halides is 2. The van der Waals surface area contributed by atoms with Gasteiger partial charge in [-0.3, -0.25) is 14.0 Å². The number of benzene rings is 1. The van der Waals surface area contributed by atoms with Gasteiger partial charge in [0.2, 0.25) is 5.91 Å². The van der Waals surface area contributed by atoms with Crippen molar-refractivity contribution in [2.24, 2.45) is 5.41 Å². The highest BCUT2D eigenvalue weighted by Crippen LogP contribution is 2.41. The summed E-state index contributed by atoms with van der Waals surface area (Å²) in [7, 11) is -4.45. The Hall–Kier alpha value is -3.42. The largest absolute Gasteiger partial charge is 0.486 e. The van der Waals surface area contributed by atoms with Gasteiger partial charge < -0.3 is 14.7 Å². The number of rotatable bonds is 7. The summed E-state index contributed by atoms with van der Waals surface area (Å²) < 4.78 is 61.4. The van der Waals surface area contributed by atoms with Crippen molar-refractivity contribution in [1.29, 1.82) is 0 Å². The van der Waals surface area contributed by atoms with Crippen LogP contribution in [0.2, 0.25) is 0 Å². The zero-order chi connectivity index (χ0) is 28.0. The Kier molecular flexibility index (Phi) is 7.30. The lowest BCUT2D eigenvalue weighted by atomic mass is 9.96. The van der Waals surface area contributed by atoms with E-state index in [-0.39, 0.29) is 52.9 Å². The van der Waals surface area contributed by atoms with E-state index in [1.54, 1.807) is 4.90 Å². The Labute approximate surface area is 219 Å². The number of carbonyl (C=O) groups is 2. The van der Waals surface area contributed by atoms with Gasteiger partial charge in [-0.2, -0.15) is 13.9 Å². The first-order valence-electron chi connectivity index (χ1n) is 12.1. The summed E-state index contributed by atoms with van der Waals surface area (Å²) in [5.41, 5.74) is -0.271. The number of halogens is 2. The fourth-order valence-electron chi connectivity index (χ4n) is 4.37. The number of nitrogens with zero attached hydrogens (tertiary/aromatic N) is 5. The second-order valence-corrected chi connectivity index (χ2v) is 12.5. The molecule has 208 valence electrons. The fourth-order valence-corrected chi connectivity index (χ4v) is 6.03. The Morgan fingerprint density at radius 2 is 1.95 bits per heavy atom. The highest BCUT2D eigenvalue weighted by atomic mass is 32.2. The number of carbonyl (C=O) groups excluding carboxylic acids is 1. The molecule has 38 heavy (non-hydrogen) atoms. The van der Waals surface area contributed by atoms with Crippen LogP contribution in [0.4, 0.5) is 25.0 Å². The maximum atomic E-state index is 13.8. The summed E-state index contributed by atoms with van der Waals surface area (Å²) in [6.07, 6.45) is -0.485. The van der Waals surface area contributed by atoms with Gasteiger partial charge in [0.1, 0.15) is 16.7 Å². The fraction of sp³-hybridized carbons (Fsp3) is 0.542. The van der Waals surface area contributed by atoms with Crippen molar-refractivity contribution in [2.75, 3.05) is 35.4 Å². The molecule has 1 N–H and O–H groups in total. The zero-order valence-electron chi connectivity index (χ0n) is 21.6. The average Bonchev–Trinajstić information content (AvgIpc) is 3.17. The third-order valence-corrected chi connectivity index (χ3v) is 8.18. The van der Waals surface area contributed by atoms with Crippen molar-refractivity contribution in [3.05, 3.63) is 30.1 Å². The van der Waals surface area contributed by atoms with Crippen molar-refractivity contribution in [1.82, 2.24) is 14.7 Å². The van der Waals surface area contributed by atoms with Crippen LogP contribution in [-0.4, -0.2) is 72.5 Å². The minimum Gasteiger partial charge on any atom is -0.486 e. The van der Waals surface area contributed by atoms with Crippen LogP contribution < -0.4 is 13.9 Å². The van der Waals surface area contributed by atoms with Crippen LogP contribution in [0.3, 0.4) is 0 Å². The molecule has 14 heteroatoms. The van der Waals surface area contributed by atoms with Crippen LogP contribution in [0.1, 0.15) is 45.9 Å². The topological polar surface area (TPSA) is 125 Å². The number of anilines is 2. The Morgan fingerprint density at radius 3 is 2.47 bits per heavy atom. The second kappa shape index (κ2) is 10.0. The number of ether oxygens (including phenoxy) is 1. The molecule has 3 heterocycles. The van der Waals surface area contributed by atoms with Gasteiger partial charge >= 0.3 is 12.6 Å². The van der Waals surface area contributed by atoms with E-state index in [0.717, 1.165) is 21.8 Å². The molecule has 1 saturated heterocycles. The molecule has 1 aromatic heterocycles. The maximum absolute atomic E-state index is 13.8. The van der Waals surface area contributed by atoms with Crippen LogP contribution in [0, 0.1) is 12.3 Å². The minimum atomic E-state index is -4.45. The highest BCUT2D eigenvalue weighted by Gasteiger charge is 2.39. The first kappa shape index (κ1) is 27.6. The van der Waals surface area contributed by atoms with Crippen molar-refractivity contribution in [3.8, 4) is 5.75 Å². The number of hydrogen-bond acceptors (Lipinski definition) is 6. The van der Waals surface area contributed by atoms with E-state index < -0.39 is 39.1 Å². The summed E-state index contributed by atoms with van der Waals surface area (Å²) in [4.78, 5) is 27.0. The number of carboxylic acid groups (broad SMARTS) is 1. The number of likely N-dealkylation sites (tertiary alicyclic amines) is 1. The lowest BCUT2D eigenvalue weighted by molar-refractivity contribution is -0.136. The third-order valence-electron chi connectivity index (χ3n) is 6.30. The van der Waals surface area contributed by atoms with Crippen LogP contribution >= 0.6 is 0 Å². The predicted octanol–water partition coefficient (Wildman–Crippen LogP) is 3.70. The van der Waals surface area contributed by atoms with Gasteiger partial charge in [-0.1, -0.05) is 20.8 Å². The standard InChI is InChI=1S/C24H31F2N5O6S/c1-15-20(13-30(27-15)22(25)26)38(35,36)31-12-17(11-21(32)28-8-5-9-28)37-19-7-6-16(10-18(19)31)29(23(33)34)14-24(2,3)4/h6-7,10,13,17,22H,5,8-9,11-12,14H2,1-4H3,(H,33,34)/t17-/m0/s1. The number of sulfonamides is 1. The molecule has 0 bridgehead atoms. The molecule has 1 atom stereocenters. The summed E-state index contributed by atoms with van der Waals surface area (Å²) in [5.74, 6) is -0.0485. The first-order chi connectivity index (χ1) is 17.7. The molecular weight excluding hydrogens is 524 g/mol. The maximum Gasteiger partial charge on any atom is 0.411 e. The van der Waals surface area contributed by atoms with Gasteiger partial charge in [-0.15, -0.1) is 0 Å². The number of aromatic nitrogens is 2. The molecule has 0 unspecified atom stereocenters. The predicted molar refractivity (Wildman–Crippen MR) is 134 cm³/mol. The molecule has 1 fully saturated rings. The van der Waals surface area contributed by atoms with E-state index >= 15 is 0 Å². The lowest BCUT2D eigenvalue weighted by Gasteiger charge is -2.38. The Bertz CT molecular complexity index is 1340. The molecule has 2 aliphatic rings. The van der Waals surface area contributed by atoms with Gasteiger partial charge in [-0.25, -0.2) is 17.9 Å². The van der Waals surface area contributed by atoms with Crippen LogP contribution in [0.25, 0.3) is 0 Å². The molecule has 4 rings (SSSR count). The van der Waals surface area contributed by atoms with E-state index in [1.807, 2.05) is 20.8 Å². The quantitative estimate of drug-likeness (QED) is 0.552. The molecule has 2 amide bonds. The molecule has 2 aliphatic heterocycles. The first-order valence-corrected chi connectivity index (χ1v) is 13.6. The van der Waals surface area contributed by atoms with Gasteiger partial charge in [0, 0.05) is 25.3 Å². The molecule has 0 saturated carbocycles. The van der Waals surface area contributed by atoms with E-state index in [9.17, 15) is 31.9 Å². The normalized spacial score (nSPS) is 17.6. The summed E-state index contributed by atoms with van der Waals surface area (Å²) in [5, 5.41) is 13.5. The van der Waals surface area contributed by atoms with Gasteiger partial charge in [0.15, 0.2) is 0 Å². The van der Waals surface area contributed by atoms with Crippen LogP contribution in [0.15, 0.2) is 29.3 Å². The highest BCUT2D eigenvalue weighted by molar-refractivity contribution is 7.92.